The predicted molar refractivity (Wildman–Crippen MR) is 123 cm³/mol. The maximum atomic E-state index is 12.2. The van der Waals surface area contributed by atoms with Crippen molar-refractivity contribution in [2.75, 3.05) is 40.3 Å². The Morgan fingerprint density at radius 3 is 2.40 bits per heavy atom. The maximum absolute atomic E-state index is 12.2. The number of nitrogens with one attached hydrogen (secondary N) is 2. The quantitative estimate of drug-likeness (QED) is 0.204. The molecule has 2 aliphatic rings. The zero-order chi connectivity index (χ0) is 22.6. The van der Waals surface area contributed by atoms with E-state index in [1.165, 1.54) is 32.1 Å². The molecule has 2 fully saturated rings. The molecule has 0 bridgehead atoms. The van der Waals surface area contributed by atoms with E-state index in [1.54, 1.807) is 11.0 Å². The number of nitrogens with zero attached hydrogens (tertiary/aromatic N) is 3. The van der Waals surface area contributed by atoms with Gasteiger partial charge in [0.25, 0.3) is 0 Å². The highest BCUT2D eigenvalue weighted by molar-refractivity contribution is 5.87. The fraction of sp³-hybridized carbons (Fsp3) is 0.864. The lowest BCUT2D eigenvalue weighted by molar-refractivity contribution is -0.124. The van der Waals surface area contributed by atoms with Crippen molar-refractivity contribution >= 4 is 5.91 Å². The SMILES string of the molecule is CCN(C)C(=O)/C=C(\C)N(CCNC)CC(C)C1CCCCC1.NC1(NN=O)CC1. The third-order valence-corrected chi connectivity index (χ3v) is 6.33. The van der Waals surface area contributed by atoms with Crippen molar-refractivity contribution in [2.45, 2.75) is 71.4 Å². The molecule has 8 nitrogen and oxygen atoms in total. The van der Waals surface area contributed by atoms with Gasteiger partial charge in [-0.3, -0.25) is 10.2 Å². The van der Waals surface area contributed by atoms with E-state index in [0.717, 1.165) is 50.6 Å². The Balaban J connectivity index is 0.000000539. The Morgan fingerprint density at radius 2 is 1.93 bits per heavy atom. The zero-order valence-corrected chi connectivity index (χ0v) is 19.7. The van der Waals surface area contributed by atoms with Crippen LogP contribution in [0.1, 0.15) is 65.7 Å². The number of hydrogen-bond acceptors (Lipinski definition) is 6. The van der Waals surface area contributed by atoms with Gasteiger partial charge < -0.3 is 20.9 Å². The zero-order valence-electron chi connectivity index (χ0n) is 19.7. The van der Waals surface area contributed by atoms with Gasteiger partial charge in [-0.25, -0.2) is 0 Å². The van der Waals surface area contributed by atoms with Crippen molar-refractivity contribution in [3.05, 3.63) is 16.7 Å². The standard InChI is InChI=1S/C19H37N3O.C3H7N3O/c1-6-21(5)19(23)14-17(3)22(13-12-20-4)15-16(2)18-10-8-7-9-11-18;4-3(1-2-3)5-6-7/h14,16,18,20H,6-13,15H2,1-5H3;1-2,4H2,(H,5,7)/b17-14+;. The topological polar surface area (TPSA) is 103 Å². The third kappa shape index (κ3) is 9.89. The number of rotatable bonds is 11. The highest BCUT2D eigenvalue weighted by atomic mass is 16.3. The van der Waals surface area contributed by atoms with Crippen molar-refractivity contribution in [3.63, 3.8) is 0 Å². The molecule has 0 aromatic rings. The predicted octanol–water partition coefficient (Wildman–Crippen LogP) is 2.81. The Morgan fingerprint density at radius 1 is 1.30 bits per heavy atom. The molecule has 174 valence electrons. The highest BCUT2D eigenvalue weighted by Crippen LogP contribution is 2.30. The Kier molecular flexibility index (Phi) is 11.9. The summed E-state index contributed by atoms with van der Waals surface area (Å²) in [5.74, 6) is 1.64. The summed E-state index contributed by atoms with van der Waals surface area (Å²) < 4.78 is 0. The van der Waals surface area contributed by atoms with Gasteiger partial charge in [-0.05, 0) is 45.6 Å². The summed E-state index contributed by atoms with van der Waals surface area (Å²) in [5, 5.41) is 5.67. The van der Waals surface area contributed by atoms with Crippen LogP contribution in [0.15, 0.2) is 17.1 Å². The van der Waals surface area contributed by atoms with Gasteiger partial charge in [-0.2, -0.15) is 0 Å². The maximum Gasteiger partial charge on any atom is 0.248 e. The number of carbonyl (C=O) groups excluding carboxylic acids is 1. The van der Waals surface area contributed by atoms with Crippen LogP contribution < -0.4 is 16.5 Å². The van der Waals surface area contributed by atoms with E-state index in [0.29, 0.717) is 5.92 Å². The van der Waals surface area contributed by atoms with Crippen molar-refractivity contribution in [1.29, 1.82) is 0 Å². The highest BCUT2D eigenvalue weighted by Gasteiger charge is 2.38. The van der Waals surface area contributed by atoms with Crippen molar-refractivity contribution in [2.24, 2.45) is 22.9 Å². The van der Waals surface area contributed by atoms with Gasteiger partial charge in [0.2, 0.25) is 5.91 Å². The number of hydrogen-bond donors (Lipinski definition) is 3. The molecule has 0 aromatic carbocycles. The second-order valence-electron chi connectivity index (χ2n) is 8.92. The molecule has 2 saturated carbocycles. The molecule has 0 spiro atoms. The van der Waals surface area contributed by atoms with Crippen LogP contribution in [0, 0.1) is 16.7 Å². The number of allylic oxidation sites excluding steroid dienone is 1. The first-order valence-electron chi connectivity index (χ1n) is 11.5. The van der Waals surface area contributed by atoms with Crippen molar-refractivity contribution < 1.29 is 4.79 Å². The fourth-order valence-corrected chi connectivity index (χ4v) is 3.73. The van der Waals surface area contributed by atoms with Gasteiger partial charge in [-0.1, -0.05) is 39.0 Å². The second-order valence-corrected chi connectivity index (χ2v) is 8.92. The minimum absolute atomic E-state index is 0.102. The van der Waals surface area contributed by atoms with E-state index in [4.69, 9.17) is 5.73 Å². The first-order chi connectivity index (χ1) is 14.3. The minimum Gasteiger partial charge on any atom is -0.373 e. The summed E-state index contributed by atoms with van der Waals surface area (Å²) in [6.07, 6.45) is 10.5. The average Bonchev–Trinajstić information content (AvgIpc) is 3.48. The molecular formula is C22H44N6O2. The van der Waals surface area contributed by atoms with Gasteiger partial charge in [0.1, 0.15) is 5.66 Å². The lowest BCUT2D eigenvalue weighted by Crippen LogP contribution is -2.36. The molecule has 30 heavy (non-hydrogen) atoms. The first kappa shape index (κ1) is 26.4. The molecule has 0 saturated heterocycles. The van der Waals surface area contributed by atoms with Crippen LogP contribution in [-0.4, -0.2) is 61.6 Å². The van der Waals surface area contributed by atoms with Crippen LogP contribution in [0.4, 0.5) is 0 Å². The molecule has 1 atom stereocenters. The number of carbonyl (C=O) groups is 1. The van der Waals surface area contributed by atoms with E-state index >= 15 is 0 Å². The monoisotopic (exact) mass is 424 g/mol. The van der Waals surface area contributed by atoms with E-state index in [2.05, 4.69) is 34.8 Å². The van der Waals surface area contributed by atoms with Crippen LogP contribution in [-0.2, 0) is 4.79 Å². The summed E-state index contributed by atoms with van der Waals surface area (Å²) >= 11 is 0. The minimum atomic E-state index is -0.429. The number of amides is 1. The van der Waals surface area contributed by atoms with Crippen LogP contribution in [0.5, 0.6) is 0 Å². The summed E-state index contributed by atoms with van der Waals surface area (Å²) in [7, 11) is 3.84. The lowest BCUT2D eigenvalue weighted by atomic mass is 9.80. The van der Waals surface area contributed by atoms with Gasteiger partial charge in [-0.15, -0.1) is 4.91 Å². The van der Waals surface area contributed by atoms with E-state index in [1.807, 2.05) is 21.0 Å². The number of nitroso groups, excluding NO2 is 1. The van der Waals surface area contributed by atoms with E-state index in [9.17, 15) is 9.70 Å². The molecule has 2 aliphatic carbocycles. The summed E-state index contributed by atoms with van der Waals surface area (Å²) in [4.78, 5) is 25.7. The molecule has 2 rings (SSSR count). The van der Waals surface area contributed by atoms with E-state index in [-0.39, 0.29) is 5.91 Å². The summed E-state index contributed by atoms with van der Waals surface area (Å²) in [6.45, 7) is 10.2. The Bertz CT molecular complexity index is 544. The Labute approximate surface area is 182 Å². The smallest absolute Gasteiger partial charge is 0.248 e. The molecule has 0 heterocycles. The average molecular weight is 425 g/mol. The van der Waals surface area contributed by atoms with Crippen LogP contribution >= 0.6 is 0 Å². The molecule has 8 heteroatoms. The molecule has 1 amide bonds. The van der Waals surface area contributed by atoms with Crippen LogP contribution in [0.2, 0.25) is 0 Å². The van der Waals surface area contributed by atoms with E-state index < -0.39 is 5.66 Å². The molecule has 0 aromatic heterocycles. The fourth-order valence-electron chi connectivity index (χ4n) is 3.73. The number of likely N-dealkylation sites (N-methyl/N-ethyl adjacent to an activating group) is 2. The Hall–Kier alpha value is -1.67. The van der Waals surface area contributed by atoms with Crippen molar-refractivity contribution in [3.8, 4) is 0 Å². The summed E-state index contributed by atoms with van der Waals surface area (Å²) in [6, 6.07) is 0. The van der Waals surface area contributed by atoms with Gasteiger partial charge in [0.05, 0.1) is 5.29 Å². The van der Waals surface area contributed by atoms with Crippen molar-refractivity contribution in [1.82, 2.24) is 20.5 Å². The molecule has 1 unspecified atom stereocenters. The third-order valence-electron chi connectivity index (χ3n) is 6.33. The van der Waals surface area contributed by atoms with Crippen LogP contribution in [0.25, 0.3) is 0 Å². The lowest BCUT2D eigenvalue weighted by Gasteiger charge is -2.34. The molecular weight excluding hydrogens is 380 g/mol. The first-order valence-corrected chi connectivity index (χ1v) is 11.5. The molecule has 4 N–H and O–H groups in total. The second kappa shape index (κ2) is 13.6. The normalized spacial score (nSPS) is 19.2. The molecule has 0 aliphatic heterocycles. The van der Waals surface area contributed by atoms with Gasteiger partial charge in [0.15, 0.2) is 0 Å². The summed E-state index contributed by atoms with van der Waals surface area (Å²) in [5.41, 5.74) is 8.26. The van der Waals surface area contributed by atoms with Gasteiger partial charge in [0, 0.05) is 45.0 Å². The van der Waals surface area contributed by atoms with Gasteiger partial charge >= 0.3 is 0 Å². The largest absolute Gasteiger partial charge is 0.373 e. The number of nitrogens with two attached hydrogens (primary N) is 1. The van der Waals surface area contributed by atoms with Crippen LogP contribution in [0.3, 0.4) is 0 Å². The molecule has 0 radical (unpaired) electrons.